The number of rotatable bonds is 12. The van der Waals surface area contributed by atoms with Crippen molar-refractivity contribution in [2.45, 2.75) is 24.7 Å². The summed E-state index contributed by atoms with van der Waals surface area (Å²) in [6.07, 6.45) is 0. The van der Waals surface area contributed by atoms with Crippen LogP contribution in [-0.2, 0) is 10.8 Å². The molecule has 1 spiro atoms. The van der Waals surface area contributed by atoms with E-state index in [4.69, 9.17) is 19.9 Å². The topological polar surface area (TPSA) is 51.6 Å². The second-order valence-electron chi connectivity index (χ2n) is 29.9. The maximum atomic E-state index is 5.11. The zero-order chi connectivity index (χ0) is 74.7. The molecule has 21 rings (SSSR count). The Bertz CT molecular complexity index is 6500. The number of benzene rings is 16. The molecule has 4 heteroatoms. The van der Waals surface area contributed by atoms with Crippen molar-refractivity contribution >= 4 is 0 Å². The largest absolute Gasteiger partial charge is 0.228 e. The van der Waals surface area contributed by atoms with Crippen LogP contribution in [0, 0.1) is 0 Å². The second-order valence-corrected chi connectivity index (χ2v) is 29.9. The predicted octanol–water partition coefficient (Wildman–Crippen LogP) is 27.6. The Morgan fingerprint density at radius 1 is 0.161 bits per heavy atom. The van der Waals surface area contributed by atoms with E-state index in [0.717, 1.165) is 84.2 Å². The van der Waals surface area contributed by atoms with Crippen molar-refractivity contribution < 1.29 is 0 Å². The number of fused-ring (bicyclic) bond motifs is 13. The minimum Gasteiger partial charge on any atom is -0.228 e. The van der Waals surface area contributed by atoms with E-state index in [-0.39, 0.29) is 10.8 Å². The molecule has 0 amide bonds. The fourth-order valence-electron chi connectivity index (χ4n) is 17.6. The first-order valence-electron chi connectivity index (χ1n) is 38.6. The summed E-state index contributed by atoms with van der Waals surface area (Å²) in [4.78, 5) is 20.3. The summed E-state index contributed by atoms with van der Waals surface area (Å²) in [5.41, 5.74) is 39.9. The molecule has 0 radical (unpaired) electrons. The first kappa shape index (κ1) is 67.1. The Balaban J connectivity index is 0.000000148. The minimum atomic E-state index is -0.368. The van der Waals surface area contributed by atoms with Crippen LogP contribution < -0.4 is 0 Å². The van der Waals surface area contributed by atoms with Crippen LogP contribution in [0.2, 0.25) is 0 Å². The van der Waals surface area contributed by atoms with Crippen molar-refractivity contribution in [3.8, 4) is 168 Å². The van der Waals surface area contributed by atoms with Crippen LogP contribution >= 0.6 is 0 Å². The van der Waals surface area contributed by atoms with E-state index in [0.29, 0.717) is 5.82 Å². The molecule has 0 saturated carbocycles. The zero-order valence-electron chi connectivity index (χ0n) is 62.0. The van der Waals surface area contributed by atoms with Gasteiger partial charge in [-0.3, -0.25) is 0 Å². The Kier molecular flexibility index (Phi) is 16.8. The first-order chi connectivity index (χ1) is 55.2. The van der Waals surface area contributed by atoms with E-state index in [1.807, 2.05) is 48.5 Å². The van der Waals surface area contributed by atoms with Crippen molar-refractivity contribution in [2.75, 3.05) is 0 Å². The lowest BCUT2D eigenvalue weighted by atomic mass is 9.70. The summed E-state index contributed by atoms with van der Waals surface area (Å²) in [5, 5.41) is 0. The Hall–Kier alpha value is -14.3. The van der Waals surface area contributed by atoms with Gasteiger partial charge in [-0.25, -0.2) is 19.9 Å². The van der Waals surface area contributed by atoms with Crippen molar-refractivity contribution in [1.82, 2.24) is 19.9 Å². The van der Waals surface area contributed by atoms with Crippen molar-refractivity contribution in [3.05, 3.63) is 446 Å². The molecule has 112 heavy (non-hydrogen) atoms. The van der Waals surface area contributed by atoms with Gasteiger partial charge in [0.15, 0.2) is 11.6 Å². The Morgan fingerprint density at radius 2 is 0.429 bits per heavy atom. The summed E-state index contributed by atoms with van der Waals surface area (Å²) < 4.78 is 0. The van der Waals surface area contributed by atoms with E-state index in [1.165, 1.54) is 111 Å². The van der Waals surface area contributed by atoms with Crippen LogP contribution in [0.3, 0.4) is 0 Å². The third-order valence-corrected chi connectivity index (χ3v) is 23.0. The van der Waals surface area contributed by atoms with E-state index in [9.17, 15) is 0 Å². The van der Waals surface area contributed by atoms with Crippen LogP contribution in [-0.4, -0.2) is 19.9 Å². The van der Waals surface area contributed by atoms with Gasteiger partial charge in [0.1, 0.15) is 0 Å². The third-order valence-electron chi connectivity index (χ3n) is 23.0. The van der Waals surface area contributed by atoms with Gasteiger partial charge in [0.2, 0.25) is 0 Å². The van der Waals surface area contributed by atoms with Gasteiger partial charge < -0.3 is 0 Å². The standard InChI is InChI=1S/C59H38N2.C49H36N2/c1-3-17-39(18-4-1)55-38-56(40-19-5-2-6-20-40)61-58(60-55)46-26-15-24-44(37-46)42-22-13-21-41(35-42)43-23-14-25-45(36-43)47-30-16-34-54-57(47)50-29-9-12-33-53(50)59(54)51-31-10-7-27-48(51)49-28-8-11-32-52(49)59;1-49(2)44-25-10-9-24-42(44)43-27-26-40(31-45(43)49)38-21-12-19-36(29-38)35-18-11-20-37(28-35)39-22-13-23-41(30-39)47-32-46(33-14-5-3-6-15-33)50-48(51-47)34-16-7-4-8-17-34/h1-38H;3-32H,1-2H3. The SMILES string of the molecule is CC1(C)c2ccccc2-c2ccc(-c3cccc(-c4cccc(-c5cccc(-c6cc(-c7ccccc7)nc(-c7ccccc7)n6)c5)c4)c3)cc21.c1ccc(-c2cc(-c3ccccc3)nc(-c3cccc(-c4cccc(-c5cccc(-c6cccc7c6-c6ccccc6C76c7ccccc7-c7ccccc76)c5)c4)c3)n2)cc1. The third kappa shape index (κ3) is 11.9. The summed E-state index contributed by atoms with van der Waals surface area (Å²) in [5.74, 6) is 1.42. The molecule has 0 saturated heterocycles. The summed E-state index contributed by atoms with van der Waals surface area (Å²) in [6.45, 7) is 4.68. The number of aromatic nitrogens is 4. The molecular weight excluding hydrogens is 1350 g/mol. The highest BCUT2D eigenvalue weighted by atomic mass is 14.9. The molecule has 0 aliphatic heterocycles. The maximum absolute atomic E-state index is 5.11. The highest BCUT2D eigenvalue weighted by Crippen LogP contribution is 2.64. The molecule has 526 valence electrons. The van der Waals surface area contributed by atoms with Crippen LogP contribution in [0.25, 0.3) is 168 Å². The highest BCUT2D eigenvalue weighted by Gasteiger charge is 2.52. The lowest BCUT2D eigenvalue weighted by molar-refractivity contribution is 0.660. The molecule has 4 nitrogen and oxygen atoms in total. The molecule has 0 bridgehead atoms. The molecule has 0 atom stereocenters. The molecule has 2 aromatic heterocycles. The van der Waals surface area contributed by atoms with Gasteiger partial charge >= 0.3 is 0 Å². The van der Waals surface area contributed by atoms with E-state index < -0.39 is 0 Å². The van der Waals surface area contributed by atoms with Crippen molar-refractivity contribution in [1.29, 1.82) is 0 Å². The van der Waals surface area contributed by atoms with Crippen molar-refractivity contribution in [2.24, 2.45) is 0 Å². The summed E-state index contributed by atoms with van der Waals surface area (Å²) in [6, 6.07) is 148. The molecular formula is C108H74N4. The Morgan fingerprint density at radius 3 is 0.884 bits per heavy atom. The average molecular weight is 1430 g/mol. The molecule has 16 aromatic carbocycles. The monoisotopic (exact) mass is 1430 g/mol. The fourth-order valence-corrected chi connectivity index (χ4v) is 17.6. The second kappa shape index (κ2) is 28.0. The van der Waals surface area contributed by atoms with Crippen LogP contribution in [0.1, 0.15) is 47.2 Å². The van der Waals surface area contributed by atoms with Crippen LogP contribution in [0.5, 0.6) is 0 Å². The van der Waals surface area contributed by atoms with Gasteiger partial charge in [0.05, 0.1) is 28.2 Å². The number of hydrogen-bond donors (Lipinski definition) is 0. The van der Waals surface area contributed by atoms with Gasteiger partial charge in [0, 0.05) is 38.8 Å². The summed E-state index contributed by atoms with van der Waals surface area (Å²) in [7, 11) is 0. The molecule has 3 aliphatic carbocycles. The first-order valence-corrected chi connectivity index (χ1v) is 38.6. The lowest BCUT2D eigenvalue weighted by Gasteiger charge is -2.30. The van der Waals surface area contributed by atoms with E-state index >= 15 is 0 Å². The van der Waals surface area contributed by atoms with Gasteiger partial charge in [-0.1, -0.05) is 372 Å². The number of nitrogens with zero attached hydrogens (tertiary/aromatic N) is 4. The summed E-state index contributed by atoms with van der Waals surface area (Å²) >= 11 is 0. The maximum Gasteiger partial charge on any atom is 0.160 e. The average Bonchev–Trinajstić information content (AvgIpc) is 1.51. The number of hydrogen-bond acceptors (Lipinski definition) is 4. The molecule has 0 N–H and O–H groups in total. The van der Waals surface area contributed by atoms with E-state index in [2.05, 4.69) is 378 Å². The Labute approximate surface area is 654 Å². The minimum absolute atomic E-state index is 0.0274. The van der Waals surface area contributed by atoms with Crippen molar-refractivity contribution in [3.63, 3.8) is 0 Å². The molecule has 3 aliphatic rings. The normalized spacial score (nSPS) is 12.7. The van der Waals surface area contributed by atoms with Crippen LogP contribution in [0.4, 0.5) is 0 Å². The quantitative estimate of drug-likeness (QED) is 0.122. The van der Waals surface area contributed by atoms with Crippen LogP contribution in [0.15, 0.2) is 413 Å². The van der Waals surface area contributed by atoms with Gasteiger partial charge in [-0.15, -0.1) is 0 Å². The predicted molar refractivity (Wildman–Crippen MR) is 463 cm³/mol. The smallest absolute Gasteiger partial charge is 0.160 e. The van der Waals surface area contributed by atoms with Gasteiger partial charge in [0.25, 0.3) is 0 Å². The zero-order valence-corrected chi connectivity index (χ0v) is 62.0. The lowest BCUT2D eigenvalue weighted by Crippen LogP contribution is -2.25. The molecule has 2 heterocycles. The molecule has 0 unspecified atom stereocenters. The van der Waals surface area contributed by atoms with Gasteiger partial charge in [-0.2, -0.15) is 0 Å². The highest BCUT2D eigenvalue weighted by molar-refractivity contribution is 6.00. The van der Waals surface area contributed by atoms with E-state index in [1.54, 1.807) is 0 Å². The molecule has 0 fully saturated rings. The van der Waals surface area contributed by atoms with Gasteiger partial charge in [-0.05, 0) is 188 Å². The molecule has 18 aromatic rings. The fraction of sp³-hybridized carbons (Fsp3) is 0.0370.